The number of nitrogens with zero attached hydrogens (tertiary/aromatic N) is 1. The van der Waals surface area contributed by atoms with E-state index in [0.717, 1.165) is 23.2 Å². The minimum atomic E-state index is -2.78. The standard InChI is InChI=1S/C14H16F2N2O2/c15-14(16)4-11(7-20-8-14)17-13-3-1-2-10-5-18(9-19)6-12(10)13/h1-3,9,11,17H,4-8H2. The Bertz CT molecular complexity index is 522. The van der Waals surface area contributed by atoms with Gasteiger partial charge >= 0.3 is 0 Å². The van der Waals surface area contributed by atoms with Crippen molar-refractivity contribution in [1.29, 1.82) is 0 Å². The molecule has 0 bridgehead atoms. The first-order chi connectivity index (χ1) is 9.57. The molecule has 1 fully saturated rings. The normalized spacial score (nSPS) is 24.3. The number of anilines is 1. The van der Waals surface area contributed by atoms with E-state index in [0.29, 0.717) is 13.1 Å². The molecule has 2 aliphatic rings. The first-order valence-electron chi connectivity index (χ1n) is 6.60. The summed E-state index contributed by atoms with van der Waals surface area (Å²) in [6.07, 6.45) is 0.579. The Hall–Kier alpha value is -1.69. The number of rotatable bonds is 3. The number of benzene rings is 1. The zero-order valence-corrected chi connectivity index (χ0v) is 10.9. The molecule has 2 aliphatic heterocycles. The number of nitrogens with one attached hydrogen (secondary N) is 1. The average Bonchev–Trinajstić information content (AvgIpc) is 2.82. The largest absolute Gasteiger partial charge is 0.379 e. The van der Waals surface area contributed by atoms with Crippen LogP contribution in [-0.2, 0) is 22.6 Å². The van der Waals surface area contributed by atoms with Crippen molar-refractivity contribution in [2.75, 3.05) is 18.5 Å². The molecule has 4 nitrogen and oxygen atoms in total. The highest BCUT2D eigenvalue weighted by molar-refractivity contribution is 5.60. The third-order valence-corrected chi connectivity index (χ3v) is 3.69. The molecule has 20 heavy (non-hydrogen) atoms. The molecule has 0 aromatic heterocycles. The molecular formula is C14H16F2N2O2. The smallest absolute Gasteiger partial charge is 0.273 e. The van der Waals surface area contributed by atoms with Crippen molar-refractivity contribution in [3.8, 4) is 0 Å². The van der Waals surface area contributed by atoms with Crippen LogP contribution in [0.2, 0.25) is 0 Å². The van der Waals surface area contributed by atoms with Gasteiger partial charge in [-0.2, -0.15) is 0 Å². The van der Waals surface area contributed by atoms with Crippen LogP contribution in [-0.4, -0.2) is 36.5 Å². The Morgan fingerprint density at radius 2 is 2.25 bits per heavy atom. The monoisotopic (exact) mass is 282 g/mol. The average molecular weight is 282 g/mol. The van der Waals surface area contributed by atoms with Crippen molar-refractivity contribution in [3.63, 3.8) is 0 Å². The summed E-state index contributed by atoms with van der Waals surface area (Å²) in [6.45, 7) is 0.866. The van der Waals surface area contributed by atoms with Crippen molar-refractivity contribution >= 4 is 12.1 Å². The number of halogens is 2. The molecule has 1 amide bonds. The lowest BCUT2D eigenvalue weighted by Crippen LogP contribution is -2.42. The SMILES string of the molecule is O=CN1Cc2cccc(NC3COCC(F)(F)C3)c2C1. The molecular weight excluding hydrogens is 266 g/mol. The van der Waals surface area contributed by atoms with Gasteiger partial charge in [0.2, 0.25) is 6.41 Å². The molecule has 2 heterocycles. The van der Waals surface area contributed by atoms with Crippen molar-refractivity contribution in [1.82, 2.24) is 4.90 Å². The van der Waals surface area contributed by atoms with Crippen LogP contribution in [0.1, 0.15) is 17.5 Å². The maximum absolute atomic E-state index is 13.3. The van der Waals surface area contributed by atoms with Gasteiger partial charge in [-0.15, -0.1) is 0 Å². The molecule has 1 N–H and O–H groups in total. The van der Waals surface area contributed by atoms with Crippen LogP contribution < -0.4 is 5.32 Å². The van der Waals surface area contributed by atoms with Gasteiger partial charge in [-0.1, -0.05) is 12.1 Å². The molecule has 1 atom stereocenters. The van der Waals surface area contributed by atoms with Crippen LogP contribution >= 0.6 is 0 Å². The number of carbonyl (C=O) groups is 1. The first-order valence-corrected chi connectivity index (χ1v) is 6.60. The fraction of sp³-hybridized carbons (Fsp3) is 0.500. The second kappa shape index (κ2) is 5.01. The van der Waals surface area contributed by atoms with E-state index in [1.165, 1.54) is 0 Å². The minimum absolute atomic E-state index is 0.228. The highest BCUT2D eigenvalue weighted by atomic mass is 19.3. The summed E-state index contributed by atoms with van der Waals surface area (Å²) >= 11 is 0. The Morgan fingerprint density at radius 3 is 3.00 bits per heavy atom. The lowest BCUT2D eigenvalue weighted by atomic mass is 10.0. The van der Waals surface area contributed by atoms with Gasteiger partial charge in [0.25, 0.3) is 5.92 Å². The molecule has 1 unspecified atom stereocenters. The quantitative estimate of drug-likeness (QED) is 0.862. The lowest BCUT2D eigenvalue weighted by molar-refractivity contribution is -0.118. The maximum atomic E-state index is 13.3. The van der Waals surface area contributed by atoms with E-state index < -0.39 is 18.6 Å². The molecule has 0 radical (unpaired) electrons. The zero-order valence-electron chi connectivity index (χ0n) is 10.9. The zero-order chi connectivity index (χ0) is 14.2. The third-order valence-electron chi connectivity index (χ3n) is 3.69. The van der Waals surface area contributed by atoms with Gasteiger partial charge in [-0.05, 0) is 17.2 Å². The highest BCUT2D eigenvalue weighted by Gasteiger charge is 2.37. The number of carbonyl (C=O) groups excluding carboxylic acids is 1. The Labute approximate surface area is 115 Å². The minimum Gasteiger partial charge on any atom is -0.379 e. The molecule has 6 heteroatoms. The number of amides is 1. The van der Waals surface area contributed by atoms with Gasteiger partial charge in [-0.3, -0.25) is 4.79 Å². The van der Waals surface area contributed by atoms with E-state index in [9.17, 15) is 13.6 Å². The van der Waals surface area contributed by atoms with E-state index in [1.54, 1.807) is 4.90 Å². The Morgan fingerprint density at radius 1 is 1.40 bits per heavy atom. The molecule has 3 rings (SSSR count). The van der Waals surface area contributed by atoms with E-state index >= 15 is 0 Å². The summed E-state index contributed by atoms with van der Waals surface area (Å²) in [5.74, 6) is -2.78. The van der Waals surface area contributed by atoms with Gasteiger partial charge in [0.15, 0.2) is 0 Å². The predicted octanol–water partition coefficient (Wildman–Crippen LogP) is 1.99. The van der Waals surface area contributed by atoms with Gasteiger partial charge in [0, 0.05) is 25.2 Å². The third kappa shape index (κ3) is 2.60. The molecule has 108 valence electrons. The van der Waals surface area contributed by atoms with Crippen LogP contribution in [0.5, 0.6) is 0 Å². The summed E-state index contributed by atoms with van der Waals surface area (Å²) in [6, 6.07) is 5.28. The molecule has 1 saturated heterocycles. The number of alkyl halides is 2. The van der Waals surface area contributed by atoms with Crippen LogP contribution in [0.4, 0.5) is 14.5 Å². The van der Waals surface area contributed by atoms with Crippen molar-refractivity contribution in [2.24, 2.45) is 0 Å². The second-order valence-electron chi connectivity index (χ2n) is 5.37. The lowest BCUT2D eigenvalue weighted by Gasteiger charge is -2.30. The Kier molecular flexibility index (Phi) is 3.33. The van der Waals surface area contributed by atoms with Crippen molar-refractivity contribution in [2.45, 2.75) is 31.5 Å². The summed E-state index contributed by atoms with van der Waals surface area (Å²) in [5.41, 5.74) is 2.89. The number of hydrogen-bond acceptors (Lipinski definition) is 3. The van der Waals surface area contributed by atoms with Crippen LogP contribution in [0.15, 0.2) is 18.2 Å². The first kappa shape index (κ1) is 13.3. The predicted molar refractivity (Wildman–Crippen MR) is 69.5 cm³/mol. The second-order valence-corrected chi connectivity index (χ2v) is 5.37. The summed E-state index contributed by atoms with van der Waals surface area (Å²) < 4.78 is 31.6. The molecule has 0 aliphatic carbocycles. The topological polar surface area (TPSA) is 41.6 Å². The van der Waals surface area contributed by atoms with Gasteiger partial charge < -0.3 is 15.0 Å². The molecule has 1 aromatic rings. The molecule has 1 aromatic carbocycles. The van der Waals surface area contributed by atoms with E-state index in [4.69, 9.17) is 4.74 Å². The summed E-state index contributed by atoms with van der Waals surface area (Å²) in [4.78, 5) is 12.5. The summed E-state index contributed by atoms with van der Waals surface area (Å²) in [7, 11) is 0. The fourth-order valence-electron chi connectivity index (χ4n) is 2.80. The van der Waals surface area contributed by atoms with Crippen LogP contribution in [0, 0.1) is 0 Å². The molecule has 0 saturated carbocycles. The summed E-state index contributed by atoms with van der Waals surface area (Å²) in [5, 5.41) is 3.13. The number of fused-ring (bicyclic) bond motifs is 1. The fourth-order valence-corrected chi connectivity index (χ4v) is 2.80. The maximum Gasteiger partial charge on any atom is 0.273 e. The van der Waals surface area contributed by atoms with Gasteiger partial charge in [-0.25, -0.2) is 8.78 Å². The highest BCUT2D eigenvalue weighted by Crippen LogP contribution is 2.31. The van der Waals surface area contributed by atoms with Crippen molar-refractivity contribution in [3.05, 3.63) is 29.3 Å². The van der Waals surface area contributed by atoms with Crippen LogP contribution in [0.25, 0.3) is 0 Å². The Balaban J connectivity index is 1.76. The van der Waals surface area contributed by atoms with E-state index in [2.05, 4.69) is 5.32 Å². The van der Waals surface area contributed by atoms with E-state index in [-0.39, 0.29) is 13.0 Å². The van der Waals surface area contributed by atoms with Gasteiger partial charge in [0.05, 0.1) is 12.6 Å². The van der Waals surface area contributed by atoms with Crippen molar-refractivity contribution < 1.29 is 18.3 Å². The number of hydrogen-bond donors (Lipinski definition) is 1. The van der Waals surface area contributed by atoms with Crippen LogP contribution in [0.3, 0.4) is 0 Å². The van der Waals surface area contributed by atoms with E-state index in [1.807, 2.05) is 18.2 Å². The number of ether oxygens (including phenoxy) is 1. The molecule has 0 spiro atoms. The van der Waals surface area contributed by atoms with Gasteiger partial charge in [0.1, 0.15) is 6.61 Å².